The van der Waals surface area contributed by atoms with Gasteiger partial charge in [-0.3, -0.25) is 9.79 Å². The maximum atomic E-state index is 11.5. The molecule has 2 fully saturated rings. The van der Waals surface area contributed by atoms with Gasteiger partial charge in [0.15, 0.2) is 5.96 Å². The lowest BCUT2D eigenvalue weighted by molar-refractivity contribution is -0.121. The fourth-order valence-corrected chi connectivity index (χ4v) is 4.13. The van der Waals surface area contributed by atoms with Gasteiger partial charge in [-0.15, -0.1) is 0 Å². The summed E-state index contributed by atoms with van der Waals surface area (Å²) in [7, 11) is 3.57. The van der Waals surface area contributed by atoms with E-state index in [1.54, 1.807) is 7.05 Å². The predicted molar refractivity (Wildman–Crippen MR) is 111 cm³/mol. The lowest BCUT2D eigenvalue weighted by atomic mass is 9.93. The number of aliphatic imine (C=N–C) groups is 1. The smallest absolute Gasteiger partial charge is 0.220 e. The second kappa shape index (κ2) is 13.0. The summed E-state index contributed by atoms with van der Waals surface area (Å²) in [6.07, 6.45) is 13.4. The summed E-state index contributed by atoms with van der Waals surface area (Å²) in [5.41, 5.74) is 0. The maximum absolute atomic E-state index is 11.5. The van der Waals surface area contributed by atoms with E-state index < -0.39 is 0 Å². The highest BCUT2D eigenvalue weighted by molar-refractivity contribution is 5.80. The average Bonchev–Trinajstić information content (AvgIpc) is 2.97. The van der Waals surface area contributed by atoms with Crippen molar-refractivity contribution in [2.45, 2.75) is 76.7 Å². The Morgan fingerprint density at radius 1 is 1.07 bits per heavy atom. The summed E-state index contributed by atoms with van der Waals surface area (Å²) in [6.45, 7) is 3.78. The van der Waals surface area contributed by atoms with Crippen LogP contribution in [0.4, 0.5) is 0 Å². The fraction of sp³-hybridized carbons (Fsp3) is 0.905. The molecular weight excluding hydrogens is 340 g/mol. The highest BCUT2D eigenvalue weighted by Crippen LogP contribution is 2.21. The molecule has 2 rings (SSSR count). The molecule has 27 heavy (non-hydrogen) atoms. The van der Waals surface area contributed by atoms with Gasteiger partial charge in [-0.25, -0.2) is 0 Å². The molecule has 6 heteroatoms. The molecule has 0 unspecified atom stereocenters. The van der Waals surface area contributed by atoms with E-state index in [-0.39, 0.29) is 5.91 Å². The van der Waals surface area contributed by atoms with Crippen LogP contribution >= 0.6 is 0 Å². The number of nitrogens with zero attached hydrogens (tertiary/aromatic N) is 2. The normalized spacial score (nSPS) is 20.4. The van der Waals surface area contributed by atoms with Crippen molar-refractivity contribution in [3.05, 3.63) is 0 Å². The molecule has 0 atom stereocenters. The van der Waals surface area contributed by atoms with E-state index in [0.717, 1.165) is 57.9 Å². The van der Waals surface area contributed by atoms with E-state index in [1.807, 2.05) is 7.05 Å². The van der Waals surface area contributed by atoms with Crippen molar-refractivity contribution in [2.24, 2.45) is 10.9 Å². The van der Waals surface area contributed by atoms with Crippen molar-refractivity contribution in [2.75, 3.05) is 40.3 Å². The number of hydrogen-bond donors (Lipinski definition) is 2. The Kier molecular flexibility index (Phi) is 10.6. The van der Waals surface area contributed by atoms with Gasteiger partial charge in [0, 0.05) is 46.8 Å². The van der Waals surface area contributed by atoms with E-state index in [2.05, 4.69) is 20.5 Å². The zero-order valence-electron chi connectivity index (χ0n) is 17.5. The SMILES string of the molecule is CN=C(NCCCCOC1CCCCCC1)N1CCC(CC(=O)NC)CC1. The standard InChI is InChI=1S/C21H40N4O2/c1-22-20(26)17-18-11-14-25(15-12-18)21(23-2)24-13-7-8-16-27-19-9-5-3-4-6-10-19/h18-19H,3-17H2,1-2H3,(H,22,26)(H,23,24). The van der Waals surface area contributed by atoms with E-state index in [4.69, 9.17) is 4.74 Å². The van der Waals surface area contributed by atoms with Crippen molar-refractivity contribution in [3.63, 3.8) is 0 Å². The van der Waals surface area contributed by atoms with Crippen LogP contribution in [0.3, 0.4) is 0 Å². The van der Waals surface area contributed by atoms with E-state index in [9.17, 15) is 4.79 Å². The minimum Gasteiger partial charge on any atom is -0.378 e. The zero-order chi connectivity index (χ0) is 19.3. The lowest BCUT2D eigenvalue weighted by Crippen LogP contribution is -2.46. The number of amides is 1. The van der Waals surface area contributed by atoms with Crippen LogP contribution in [-0.2, 0) is 9.53 Å². The number of rotatable bonds is 8. The quantitative estimate of drug-likeness (QED) is 0.294. The highest BCUT2D eigenvalue weighted by Gasteiger charge is 2.22. The molecule has 1 saturated carbocycles. The van der Waals surface area contributed by atoms with Crippen LogP contribution in [0.1, 0.15) is 70.6 Å². The van der Waals surface area contributed by atoms with E-state index >= 15 is 0 Å². The molecular formula is C21H40N4O2. The number of carbonyl (C=O) groups excluding carboxylic acids is 1. The van der Waals surface area contributed by atoms with Gasteiger partial charge in [0.25, 0.3) is 0 Å². The highest BCUT2D eigenvalue weighted by atomic mass is 16.5. The van der Waals surface area contributed by atoms with Crippen molar-refractivity contribution in [1.29, 1.82) is 0 Å². The first-order chi connectivity index (χ1) is 13.2. The molecule has 0 aromatic carbocycles. The van der Waals surface area contributed by atoms with Crippen LogP contribution in [0.15, 0.2) is 4.99 Å². The first-order valence-corrected chi connectivity index (χ1v) is 11.0. The summed E-state index contributed by atoms with van der Waals surface area (Å²) in [6, 6.07) is 0. The number of ether oxygens (including phenoxy) is 1. The molecule has 0 spiro atoms. The molecule has 1 aliphatic heterocycles. The summed E-state index contributed by atoms with van der Waals surface area (Å²) in [4.78, 5) is 18.3. The van der Waals surface area contributed by atoms with E-state index in [0.29, 0.717) is 18.4 Å². The second-order valence-electron chi connectivity index (χ2n) is 7.97. The summed E-state index contributed by atoms with van der Waals surface area (Å²) in [5, 5.41) is 6.22. The van der Waals surface area contributed by atoms with Gasteiger partial charge in [0.2, 0.25) is 5.91 Å². The molecule has 2 aliphatic rings. The molecule has 1 aliphatic carbocycles. The van der Waals surface area contributed by atoms with Gasteiger partial charge in [0.1, 0.15) is 0 Å². The fourth-order valence-electron chi connectivity index (χ4n) is 4.13. The lowest BCUT2D eigenvalue weighted by Gasteiger charge is -2.34. The topological polar surface area (TPSA) is 66.0 Å². The third-order valence-corrected chi connectivity index (χ3v) is 5.89. The monoisotopic (exact) mass is 380 g/mol. The number of likely N-dealkylation sites (tertiary alicyclic amines) is 1. The van der Waals surface area contributed by atoms with Crippen molar-refractivity contribution < 1.29 is 9.53 Å². The van der Waals surface area contributed by atoms with Crippen molar-refractivity contribution in [3.8, 4) is 0 Å². The van der Waals surface area contributed by atoms with Gasteiger partial charge in [-0.05, 0) is 44.4 Å². The third kappa shape index (κ3) is 8.50. The van der Waals surface area contributed by atoms with Crippen molar-refractivity contribution in [1.82, 2.24) is 15.5 Å². The molecule has 1 amide bonds. The molecule has 0 bridgehead atoms. The first-order valence-electron chi connectivity index (χ1n) is 11.0. The van der Waals surface area contributed by atoms with Gasteiger partial charge >= 0.3 is 0 Å². The van der Waals surface area contributed by atoms with Crippen LogP contribution in [0.25, 0.3) is 0 Å². The average molecular weight is 381 g/mol. The van der Waals surface area contributed by atoms with Crippen LogP contribution in [0.5, 0.6) is 0 Å². The Hall–Kier alpha value is -1.30. The first kappa shape index (κ1) is 22.0. The van der Waals surface area contributed by atoms with Gasteiger partial charge < -0.3 is 20.3 Å². The Morgan fingerprint density at radius 3 is 2.41 bits per heavy atom. The Balaban J connectivity index is 1.54. The van der Waals surface area contributed by atoms with E-state index in [1.165, 1.54) is 38.5 Å². The molecule has 1 saturated heterocycles. The van der Waals surface area contributed by atoms with Gasteiger partial charge in [-0.1, -0.05) is 25.7 Å². The summed E-state index contributed by atoms with van der Waals surface area (Å²) < 4.78 is 6.06. The Morgan fingerprint density at radius 2 is 1.78 bits per heavy atom. The van der Waals surface area contributed by atoms with Crippen LogP contribution in [0.2, 0.25) is 0 Å². The summed E-state index contributed by atoms with van der Waals surface area (Å²) >= 11 is 0. The molecule has 0 aromatic rings. The molecule has 0 aromatic heterocycles. The number of hydrogen-bond acceptors (Lipinski definition) is 3. The van der Waals surface area contributed by atoms with Crippen LogP contribution < -0.4 is 10.6 Å². The number of piperidine rings is 1. The van der Waals surface area contributed by atoms with Crippen LogP contribution in [-0.4, -0.2) is 63.2 Å². The van der Waals surface area contributed by atoms with Crippen molar-refractivity contribution >= 4 is 11.9 Å². The Labute approximate surface area is 165 Å². The number of unbranched alkanes of at least 4 members (excludes halogenated alkanes) is 1. The zero-order valence-corrected chi connectivity index (χ0v) is 17.5. The molecule has 2 N–H and O–H groups in total. The molecule has 0 radical (unpaired) electrons. The number of guanidine groups is 1. The second-order valence-corrected chi connectivity index (χ2v) is 7.97. The maximum Gasteiger partial charge on any atom is 0.220 e. The minimum atomic E-state index is 0.155. The molecule has 156 valence electrons. The van der Waals surface area contributed by atoms with Gasteiger partial charge in [0.05, 0.1) is 6.10 Å². The summed E-state index contributed by atoms with van der Waals surface area (Å²) in [5.74, 6) is 1.65. The molecule has 1 heterocycles. The molecule has 6 nitrogen and oxygen atoms in total. The third-order valence-electron chi connectivity index (χ3n) is 5.89. The minimum absolute atomic E-state index is 0.155. The number of carbonyl (C=O) groups is 1. The number of nitrogens with one attached hydrogen (secondary N) is 2. The van der Waals surface area contributed by atoms with Gasteiger partial charge in [-0.2, -0.15) is 0 Å². The Bertz CT molecular complexity index is 439. The van der Waals surface area contributed by atoms with Crippen LogP contribution in [0, 0.1) is 5.92 Å². The predicted octanol–water partition coefficient (Wildman–Crippen LogP) is 2.93. The largest absolute Gasteiger partial charge is 0.378 e.